The fourth-order valence-corrected chi connectivity index (χ4v) is 3.40. The van der Waals surface area contributed by atoms with Gasteiger partial charge in [-0.15, -0.1) is 0 Å². The Morgan fingerprint density at radius 3 is 3.10 bits per heavy atom. The van der Waals surface area contributed by atoms with E-state index in [2.05, 4.69) is 42.3 Å². The van der Waals surface area contributed by atoms with Crippen molar-refractivity contribution >= 4 is 33.5 Å². The van der Waals surface area contributed by atoms with Crippen LogP contribution in [0.15, 0.2) is 41.5 Å². The Balaban J connectivity index is 1.73. The van der Waals surface area contributed by atoms with Gasteiger partial charge in [-0.2, -0.15) is 0 Å². The molecule has 20 heavy (non-hydrogen) atoms. The summed E-state index contributed by atoms with van der Waals surface area (Å²) >= 11 is 1.82. The average molecular weight is 285 g/mol. The number of thioether (sulfide) groups is 1. The van der Waals surface area contributed by atoms with E-state index in [4.69, 9.17) is 4.99 Å². The van der Waals surface area contributed by atoms with E-state index in [9.17, 15) is 0 Å². The standard InChI is InChI=1S/C16H19N3S/c1-11(2)8-14-10-20-16(19-14)18-13-5-6-15-12(9-13)4-3-7-17-15/h3-7,9,11,14H,8,10H2,1-2H3,(H,18,19). The molecule has 0 aliphatic carbocycles. The summed E-state index contributed by atoms with van der Waals surface area (Å²) in [6, 6.07) is 10.7. The fourth-order valence-electron chi connectivity index (χ4n) is 2.43. The second-order valence-corrected chi connectivity index (χ2v) is 6.57. The van der Waals surface area contributed by atoms with Crippen molar-refractivity contribution in [2.24, 2.45) is 10.9 Å². The lowest BCUT2D eigenvalue weighted by molar-refractivity contribution is 0.529. The van der Waals surface area contributed by atoms with E-state index < -0.39 is 0 Å². The van der Waals surface area contributed by atoms with E-state index in [1.165, 1.54) is 6.42 Å². The number of fused-ring (bicyclic) bond motifs is 1. The van der Waals surface area contributed by atoms with Crippen LogP contribution in [0.1, 0.15) is 20.3 Å². The van der Waals surface area contributed by atoms with Crippen molar-refractivity contribution < 1.29 is 0 Å². The fraction of sp³-hybridized carbons (Fsp3) is 0.375. The number of amidine groups is 1. The first kappa shape index (κ1) is 13.4. The summed E-state index contributed by atoms with van der Waals surface area (Å²) in [4.78, 5) is 9.09. The monoisotopic (exact) mass is 285 g/mol. The second kappa shape index (κ2) is 5.83. The number of nitrogens with one attached hydrogen (secondary N) is 1. The van der Waals surface area contributed by atoms with Gasteiger partial charge in [0.25, 0.3) is 0 Å². The molecule has 1 aliphatic rings. The number of anilines is 1. The smallest absolute Gasteiger partial charge is 0.161 e. The van der Waals surface area contributed by atoms with E-state index in [-0.39, 0.29) is 0 Å². The minimum atomic E-state index is 0.463. The van der Waals surface area contributed by atoms with E-state index in [1.54, 1.807) is 0 Å². The minimum absolute atomic E-state index is 0.463. The summed E-state index contributed by atoms with van der Waals surface area (Å²) in [6.07, 6.45) is 2.99. The number of rotatable bonds is 3. The normalized spacial score (nSPS) is 18.6. The van der Waals surface area contributed by atoms with Gasteiger partial charge in [0.2, 0.25) is 0 Å². The number of aromatic nitrogens is 1. The molecule has 1 N–H and O–H groups in total. The quantitative estimate of drug-likeness (QED) is 0.920. The first-order valence-electron chi connectivity index (χ1n) is 7.03. The molecule has 0 fully saturated rings. The topological polar surface area (TPSA) is 37.3 Å². The van der Waals surface area contributed by atoms with E-state index >= 15 is 0 Å². The third kappa shape index (κ3) is 3.12. The molecule has 1 aliphatic heterocycles. The molecule has 3 rings (SSSR count). The Kier molecular flexibility index (Phi) is 3.92. The molecule has 2 aromatic rings. The molecule has 0 saturated heterocycles. The maximum atomic E-state index is 4.76. The number of aliphatic imine (C=N–C) groups is 1. The molecule has 1 unspecified atom stereocenters. The van der Waals surface area contributed by atoms with Crippen LogP contribution in [-0.4, -0.2) is 21.9 Å². The highest BCUT2D eigenvalue weighted by Gasteiger charge is 2.19. The zero-order valence-corrected chi connectivity index (χ0v) is 12.7. The Labute approximate surface area is 123 Å². The Hall–Kier alpha value is -1.55. The molecule has 0 spiro atoms. The predicted octanol–water partition coefficient (Wildman–Crippen LogP) is 4.16. The maximum Gasteiger partial charge on any atom is 0.161 e. The summed E-state index contributed by atoms with van der Waals surface area (Å²) in [5.74, 6) is 1.80. The van der Waals surface area contributed by atoms with Crippen molar-refractivity contribution in [3.8, 4) is 0 Å². The van der Waals surface area contributed by atoms with Gasteiger partial charge in [-0.3, -0.25) is 9.98 Å². The summed E-state index contributed by atoms with van der Waals surface area (Å²) < 4.78 is 0. The number of hydrogen-bond donors (Lipinski definition) is 1. The minimum Gasteiger partial charge on any atom is -0.335 e. The largest absolute Gasteiger partial charge is 0.335 e. The van der Waals surface area contributed by atoms with Gasteiger partial charge in [-0.25, -0.2) is 0 Å². The van der Waals surface area contributed by atoms with Crippen molar-refractivity contribution in [3.63, 3.8) is 0 Å². The molecular weight excluding hydrogens is 266 g/mol. The van der Waals surface area contributed by atoms with Crippen molar-refractivity contribution in [1.29, 1.82) is 0 Å². The highest BCUT2D eigenvalue weighted by Crippen LogP contribution is 2.25. The third-order valence-electron chi connectivity index (χ3n) is 3.31. The SMILES string of the molecule is CC(C)CC1CSC(Nc2ccc3ncccc3c2)=N1. The molecule has 1 atom stereocenters. The molecule has 2 heterocycles. The van der Waals surface area contributed by atoms with Gasteiger partial charge in [0.1, 0.15) is 0 Å². The van der Waals surface area contributed by atoms with Gasteiger partial charge >= 0.3 is 0 Å². The van der Waals surface area contributed by atoms with Crippen LogP contribution in [0.25, 0.3) is 10.9 Å². The Morgan fingerprint density at radius 2 is 2.25 bits per heavy atom. The van der Waals surface area contributed by atoms with Crippen molar-refractivity contribution in [2.45, 2.75) is 26.3 Å². The summed E-state index contributed by atoms with van der Waals surface area (Å²) in [5, 5.41) is 5.61. The first-order chi connectivity index (χ1) is 9.70. The Morgan fingerprint density at radius 1 is 1.35 bits per heavy atom. The molecule has 4 heteroatoms. The summed E-state index contributed by atoms with van der Waals surface area (Å²) in [7, 11) is 0. The van der Waals surface area contributed by atoms with Crippen LogP contribution >= 0.6 is 11.8 Å². The van der Waals surface area contributed by atoms with Gasteiger partial charge in [0.05, 0.1) is 11.6 Å². The van der Waals surface area contributed by atoms with Crippen molar-refractivity contribution in [1.82, 2.24) is 4.98 Å². The molecule has 0 radical (unpaired) electrons. The summed E-state index contributed by atoms with van der Waals surface area (Å²) in [6.45, 7) is 4.50. The lowest BCUT2D eigenvalue weighted by atomic mass is 10.1. The summed E-state index contributed by atoms with van der Waals surface area (Å²) in [5.41, 5.74) is 2.11. The van der Waals surface area contributed by atoms with E-state index in [0.29, 0.717) is 12.0 Å². The van der Waals surface area contributed by atoms with Gasteiger partial charge in [-0.05, 0) is 36.6 Å². The van der Waals surface area contributed by atoms with Gasteiger partial charge < -0.3 is 5.32 Å². The molecular formula is C16H19N3S. The Bertz CT molecular complexity index is 636. The number of pyridine rings is 1. The molecule has 0 amide bonds. The van der Waals surface area contributed by atoms with Crippen molar-refractivity contribution in [3.05, 3.63) is 36.5 Å². The van der Waals surface area contributed by atoms with Crippen LogP contribution in [0.5, 0.6) is 0 Å². The van der Waals surface area contributed by atoms with Crippen LogP contribution in [0.2, 0.25) is 0 Å². The highest BCUT2D eigenvalue weighted by molar-refractivity contribution is 8.14. The van der Waals surface area contributed by atoms with Crippen LogP contribution in [0.4, 0.5) is 5.69 Å². The average Bonchev–Trinajstić information content (AvgIpc) is 2.85. The maximum absolute atomic E-state index is 4.76. The number of hydrogen-bond acceptors (Lipinski definition) is 4. The van der Waals surface area contributed by atoms with Crippen molar-refractivity contribution in [2.75, 3.05) is 11.1 Å². The lowest BCUT2D eigenvalue weighted by Crippen LogP contribution is -2.08. The first-order valence-corrected chi connectivity index (χ1v) is 8.01. The van der Waals surface area contributed by atoms with Gasteiger partial charge in [0, 0.05) is 23.0 Å². The van der Waals surface area contributed by atoms with Gasteiger partial charge in [-0.1, -0.05) is 31.7 Å². The number of benzene rings is 1. The van der Waals surface area contributed by atoms with Gasteiger partial charge in [0.15, 0.2) is 5.17 Å². The number of nitrogens with zero attached hydrogens (tertiary/aromatic N) is 2. The van der Waals surface area contributed by atoms with E-state index in [1.807, 2.05) is 30.1 Å². The molecule has 0 saturated carbocycles. The van der Waals surface area contributed by atoms with E-state index in [0.717, 1.165) is 27.5 Å². The van der Waals surface area contributed by atoms with Crippen LogP contribution in [0.3, 0.4) is 0 Å². The molecule has 1 aromatic heterocycles. The molecule has 3 nitrogen and oxygen atoms in total. The zero-order valence-electron chi connectivity index (χ0n) is 11.8. The van der Waals surface area contributed by atoms with Crippen LogP contribution < -0.4 is 5.32 Å². The molecule has 1 aromatic carbocycles. The predicted molar refractivity (Wildman–Crippen MR) is 88.5 cm³/mol. The zero-order chi connectivity index (χ0) is 13.9. The van der Waals surface area contributed by atoms with Crippen LogP contribution in [-0.2, 0) is 0 Å². The lowest BCUT2D eigenvalue weighted by Gasteiger charge is -2.07. The molecule has 104 valence electrons. The second-order valence-electron chi connectivity index (χ2n) is 5.56. The third-order valence-corrected chi connectivity index (χ3v) is 4.34. The molecule has 0 bridgehead atoms. The highest BCUT2D eigenvalue weighted by atomic mass is 32.2. The van der Waals surface area contributed by atoms with Crippen LogP contribution in [0, 0.1) is 5.92 Å².